The molecule has 2 aromatic rings. The van der Waals surface area contributed by atoms with Gasteiger partial charge in [-0.15, -0.1) is 5.06 Å². The molecule has 30 heavy (non-hydrogen) atoms. The molecule has 0 radical (unpaired) electrons. The van der Waals surface area contributed by atoms with Gasteiger partial charge in [0.05, 0.1) is 11.5 Å². The van der Waals surface area contributed by atoms with Gasteiger partial charge in [0, 0.05) is 18.6 Å². The van der Waals surface area contributed by atoms with E-state index in [4.69, 9.17) is 4.84 Å². The number of carbonyl (C=O) groups excluding carboxylic acids is 1. The average molecular weight is 409 g/mol. The first-order chi connectivity index (χ1) is 14.4. The van der Waals surface area contributed by atoms with E-state index in [1.807, 2.05) is 31.9 Å². The zero-order valence-electron chi connectivity index (χ0n) is 18.8. The van der Waals surface area contributed by atoms with Crippen LogP contribution in [0, 0.1) is 5.41 Å². The Balaban J connectivity index is 1.75. The van der Waals surface area contributed by atoms with Crippen LogP contribution < -0.4 is 5.32 Å². The Morgan fingerprint density at radius 1 is 0.967 bits per heavy atom. The number of hydroxylamine groups is 2. The van der Waals surface area contributed by atoms with Crippen LogP contribution in [0.5, 0.6) is 0 Å². The fraction of sp³-hybridized carbons (Fsp3) is 0.500. The van der Waals surface area contributed by atoms with Crippen LogP contribution in [0.2, 0.25) is 0 Å². The highest BCUT2D eigenvalue weighted by Gasteiger charge is 2.39. The molecule has 4 heteroatoms. The molecule has 1 fully saturated rings. The predicted octanol–water partition coefficient (Wildman–Crippen LogP) is 5.13. The van der Waals surface area contributed by atoms with Gasteiger partial charge < -0.3 is 10.2 Å². The molecule has 1 saturated heterocycles. The summed E-state index contributed by atoms with van der Waals surface area (Å²) in [6.07, 6.45) is 3.76. The highest BCUT2D eigenvalue weighted by atomic mass is 16.7. The van der Waals surface area contributed by atoms with Crippen molar-refractivity contribution >= 4 is 5.97 Å². The van der Waals surface area contributed by atoms with Crippen molar-refractivity contribution in [1.82, 2.24) is 10.4 Å². The van der Waals surface area contributed by atoms with E-state index in [1.165, 1.54) is 11.1 Å². The number of carbonyl (C=O) groups is 1. The van der Waals surface area contributed by atoms with Crippen LogP contribution in [0.4, 0.5) is 0 Å². The minimum Gasteiger partial charge on any atom is -0.367 e. The van der Waals surface area contributed by atoms with Crippen LogP contribution >= 0.6 is 0 Å². The molecule has 1 heterocycles. The first-order valence-corrected chi connectivity index (χ1v) is 11.2. The van der Waals surface area contributed by atoms with Gasteiger partial charge in [0.25, 0.3) is 0 Å². The Kier molecular flexibility index (Phi) is 7.68. The van der Waals surface area contributed by atoms with Crippen molar-refractivity contribution in [2.24, 2.45) is 5.41 Å². The summed E-state index contributed by atoms with van der Waals surface area (Å²) in [4.78, 5) is 18.7. The second kappa shape index (κ2) is 10.2. The first kappa shape index (κ1) is 22.5. The van der Waals surface area contributed by atoms with Crippen molar-refractivity contribution < 1.29 is 9.63 Å². The third kappa shape index (κ3) is 6.16. The van der Waals surface area contributed by atoms with Crippen molar-refractivity contribution in [3.8, 4) is 0 Å². The lowest BCUT2D eigenvalue weighted by Gasteiger charge is -2.44. The maximum Gasteiger partial charge on any atom is 0.330 e. The zero-order valence-corrected chi connectivity index (χ0v) is 18.8. The zero-order chi connectivity index (χ0) is 21.6. The highest BCUT2D eigenvalue weighted by molar-refractivity contribution is 5.75. The molecule has 2 aromatic carbocycles. The summed E-state index contributed by atoms with van der Waals surface area (Å²) in [6, 6.07) is 21.8. The first-order valence-electron chi connectivity index (χ1n) is 11.2. The van der Waals surface area contributed by atoms with E-state index < -0.39 is 5.41 Å². The Labute approximate surface area is 181 Å². The molecule has 1 N–H and O–H groups in total. The molecule has 0 aromatic heterocycles. The van der Waals surface area contributed by atoms with Gasteiger partial charge in [-0.05, 0) is 57.6 Å². The minimum absolute atomic E-state index is 0.158. The van der Waals surface area contributed by atoms with Crippen LogP contribution in [0.25, 0.3) is 0 Å². The van der Waals surface area contributed by atoms with E-state index in [0.29, 0.717) is 6.04 Å². The molecular formula is C26H36N2O2. The van der Waals surface area contributed by atoms with Gasteiger partial charge in [0.1, 0.15) is 0 Å². The summed E-state index contributed by atoms with van der Waals surface area (Å²) >= 11 is 0. The minimum atomic E-state index is -0.516. The lowest BCUT2D eigenvalue weighted by molar-refractivity contribution is -0.235. The third-order valence-corrected chi connectivity index (χ3v) is 5.86. The van der Waals surface area contributed by atoms with Crippen molar-refractivity contribution in [3.05, 3.63) is 71.8 Å². The molecule has 3 unspecified atom stereocenters. The molecule has 4 nitrogen and oxygen atoms in total. The van der Waals surface area contributed by atoms with E-state index in [-0.39, 0.29) is 18.1 Å². The third-order valence-electron chi connectivity index (χ3n) is 5.86. The number of nitrogens with one attached hydrogen (secondary N) is 1. The van der Waals surface area contributed by atoms with Crippen molar-refractivity contribution in [1.29, 1.82) is 0 Å². The molecule has 0 amide bonds. The Bertz CT molecular complexity index is 786. The van der Waals surface area contributed by atoms with Gasteiger partial charge in [-0.25, -0.2) is 4.79 Å². The molecule has 0 aliphatic carbocycles. The number of hydrogen-bond acceptors (Lipinski definition) is 4. The molecule has 0 spiro atoms. The monoisotopic (exact) mass is 408 g/mol. The van der Waals surface area contributed by atoms with E-state index in [9.17, 15) is 4.79 Å². The van der Waals surface area contributed by atoms with Gasteiger partial charge in [-0.1, -0.05) is 67.6 Å². The SMILES string of the molecule is CCC1CC(NCc2ccccc2)CC(Cc2ccccc2)N1OC(=O)C(C)(C)C. The van der Waals surface area contributed by atoms with Gasteiger partial charge in [-0.2, -0.15) is 0 Å². The number of rotatable bonds is 7. The van der Waals surface area contributed by atoms with Gasteiger partial charge in [0.2, 0.25) is 0 Å². The maximum absolute atomic E-state index is 12.7. The Hall–Kier alpha value is -2.17. The van der Waals surface area contributed by atoms with Gasteiger partial charge in [-0.3, -0.25) is 0 Å². The number of hydrogen-bond donors (Lipinski definition) is 1. The predicted molar refractivity (Wildman–Crippen MR) is 122 cm³/mol. The quantitative estimate of drug-likeness (QED) is 0.689. The molecule has 0 saturated carbocycles. The topological polar surface area (TPSA) is 41.6 Å². The Morgan fingerprint density at radius 3 is 2.10 bits per heavy atom. The maximum atomic E-state index is 12.7. The van der Waals surface area contributed by atoms with Gasteiger partial charge in [0.15, 0.2) is 0 Å². The van der Waals surface area contributed by atoms with Crippen molar-refractivity contribution in [2.45, 2.75) is 78.0 Å². The van der Waals surface area contributed by atoms with E-state index in [0.717, 1.165) is 32.2 Å². The summed E-state index contributed by atoms with van der Waals surface area (Å²) in [6.45, 7) is 8.79. The van der Waals surface area contributed by atoms with Crippen molar-refractivity contribution in [2.75, 3.05) is 0 Å². The van der Waals surface area contributed by atoms with Crippen LogP contribution in [-0.4, -0.2) is 29.2 Å². The smallest absolute Gasteiger partial charge is 0.330 e. The lowest BCUT2D eigenvalue weighted by Crippen LogP contribution is -2.55. The summed E-state index contributed by atoms with van der Waals surface area (Å²) in [7, 11) is 0. The molecule has 0 bridgehead atoms. The highest BCUT2D eigenvalue weighted by Crippen LogP contribution is 2.30. The molecule has 1 aliphatic heterocycles. The molecule has 1 aliphatic rings. The summed E-state index contributed by atoms with van der Waals surface area (Å²) in [5.74, 6) is -0.158. The molecule has 3 rings (SSSR count). The summed E-state index contributed by atoms with van der Waals surface area (Å²) in [5.41, 5.74) is 2.06. The number of piperidine rings is 1. The van der Waals surface area contributed by atoms with Gasteiger partial charge >= 0.3 is 5.97 Å². The summed E-state index contributed by atoms with van der Waals surface area (Å²) in [5, 5.41) is 5.77. The second-order valence-electron chi connectivity index (χ2n) is 9.43. The number of benzene rings is 2. The Morgan fingerprint density at radius 2 is 1.53 bits per heavy atom. The van der Waals surface area contributed by atoms with E-state index >= 15 is 0 Å². The fourth-order valence-corrected chi connectivity index (χ4v) is 4.07. The fourth-order valence-electron chi connectivity index (χ4n) is 4.07. The van der Waals surface area contributed by atoms with Crippen molar-refractivity contribution in [3.63, 3.8) is 0 Å². The van der Waals surface area contributed by atoms with E-state index in [2.05, 4.69) is 66.8 Å². The number of nitrogens with zero attached hydrogens (tertiary/aromatic N) is 1. The molecule has 162 valence electrons. The standard InChI is InChI=1S/C26H36N2O2/c1-5-23-17-22(27-19-21-14-10-7-11-15-21)18-24(16-20-12-8-6-9-13-20)28(23)30-25(29)26(2,3)4/h6-15,22-24,27H,5,16-19H2,1-4H3. The van der Waals surface area contributed by atoms with Crippen LogP contribution in [0.15, 0.2) is 60.7 Å². The lowest BCUT2D eigenvalue weighted by atomic mass is 9.88. The van der Waals surface area contributed by atoms with Crippen LogP contribution in [-0.2, 0) is 22.6 Å². The second-order valence-corrected chi connectivity index (χ2v) is 9.43. The molecular weight excluding hydrogens is 372 g/mol. The largest absolute Gasteiger partial charge is 0.367 e. The normalized spacial score (nSPS) is 22.6. The van der Waals surface area contributed by atoms with Crippen LogP contribution in [0.1, 0.15) is 58.1 Å². The summed E-state index contributed by atoms with van der Waals surface area (Å²) < 4.78 is 0. The van der Waals surface area contributed by atoms with E-state index in [1.54, 1.807) is 0 Å². The van der Waals surface area contributed by atoms with Crippen LogP contribution in [0.3, 0.4) is 0 Å². The average Bonchev–Trinajstić information content (AvgIpc) is 2.74. The molecule has 3 atom stereocenters.